The Morgan fingerprint density at radius 2 is 2.04 bits per heavy atom. The van der Waals surface area contributed by atoms with Gasteiger partial charge in [-0.05, 0) is 18.2 Å². The molecule has 0 unspecified atom stereocenters. The Kier molecular flexibility index (Phi) is 3.85. The smallest absolute Gasteiger partial charge is 0.275 e. The number of carbonyl (C=O) groups is 1. The van der Waals surface area contributed by atoms with Crippen LogP contribution in [0.4, 0.5) is 10.8 Å². The third kappa shape index (κ3) is 3.09. The van der Waals surface area contributed by atoms with E-state index in [0.29, 0.717) is 16.5 Å². The second-order valence-electron chi connectivity index (χ2n) is 4.64. The van der Waals surface area contributed by atoms with Crippen molar-refractivity contribution in [3.05, 3.63) is 57.7 Å². The van der Waals surface area contributed by atoms with E-state index in [9.17, 15) is 14.9 Å². The van der Waals surface area contributed by atoms with Crippen molar-refractivity contribution in [1.82, 2.24) is 14.8 Å². The number of nitrogens with zero attached hydrogens (tertiary/aromatic N) is 4. The molecule has 1 aromatic carbocycles. The fourth-order valence-electron chi connectivity index (χ4n) is 1.98. The molecule has 0 atom stereocenters. The van der Waals surface area contributed by atoms with Gasteiger partial charge in [0.2, 0.25) is 0 Å². The molecule has 3 aromatic rings. The number of nitrogens with one attached hydrogen (secondary N) is 1. The zero-order chi connectivity index (χ0) is 16.4. The minimum absolute atomic E-state index is 0.0220. The van der Waals surface area contributed by atoms with E-state index in [2.05, 4.69) is 15.4 Å². The van der Waals surface area contributed by atoms with Crippen molar-refractivity contribution in [1.29, 1.82) is 0 Å². The molecule has 0 saturated carbocycles. The van der Waals surface area contributed by atoms with E-state index >= 15 is 0 Å². The van der Waals surface area contributed by atoms with Crippen LogP contribution in [0.25, 0.3) is 11.3 Å². The molecular formula is C14H11N5O3S. The quantitative estimate of drug-likeness (QED) is 0.585. The van der Waals surface area contributed by atoms with E-state index in [1.54, 1.807) is 36.8 Å². The van der Waals surface area contributed by atoms with E-state index in [4.69, 9.17) is 0 Å². The number of carbonyl (C=O) groups excluding carboxylic acids is 1. The minimum Gasteiger partial charge on any atom is -0.296 e. The third-order valence-electron chi connectivity index (χ3n) is 3.15. The summed E-state index contributed by atoms with van der Waals surface area (Å²) < 4.78 is 1.47. The van der Waals surface area contributed by atoms with Crippen molar-refractivity contribution in [2.75, 3.05) is 5.32 Å². The molecule has 8 nitrogen and oxygen atoms in total. The molecule has 0 aliphatic rings. The van der Waals surface area contributed by atoms with E-state index in [1.165, 1.54) is 28.2 Å². The summed E-state index contributed by atoms with van der Waals surface area (Å²) >= 11 is 1.28. The Morgan fingerprint density at radius 1 is 1.30 bits per heavy atom. The maximum absolute atomic E-state index is 12.1. The molecule has 0 bridgehead atoms. The van der Waals surface area contributed by atoms with Crippen molar-refractivity contribution in [2.24, 2.45) is 7.05 Å². The lowest BCUT2D eigenvalue weighted by atomic mass is 10.1. The molecular weight excluding hydrogens is 318 g/mol. The molecule has 3 rings (SSSR count). The summed E-state index contributed by atoms with van der Waals surface area (Å²) in [5, 5.41) is 19.5. The number of aryl methyl sites for hydroxylation is 1. The first-order chi connectivity index (χ1) is 11.0. The molecule has 0 saturated heterocycles. The summed E-state index contributed by atoms with van der Waals surface area (Å²) in [4.78, 5) is 26.6. The monoisotopic (exact) mass is 329 g/mol. The molecule has 0 radical (unpaired) electrons. The summed E-state index contributed by atoms with van der Waals surface area (Å²) in [5.74, 6) is -0.297. The van der Waals surface area contributed by atoms with E-state index < -0.39 is 4.92 Å². The number of amides is 1. The van der Waals surface area contributed by atoms with Gasteiger partial charge >= 0.3 is 0 Å². The second-order valence-corrected chi connectivity index (χ2v) is 5.49. The third-order valence-corrected chi connectivity index (χ3v) is 3.91. The topological polar surface area (TPSA) is 103 Å². The highest BCUT2D eigenvalue weighted by Crippen LogP contribution is 2.26. The summed E-state index contributed by atoms with van der Waals surface area (Å²) in [5.41, 5.74) is 1.84. The molecule has 9 heteroatoms. The Hall–Kier alpha value is -3.07. The summed E-state index contributed by atoms with van der Waals surface area (Å²) in [6.07, 6.45) is 1.54. The van der Waals surface area contributed by atoms with Gasteiger partial charge in [0.05, 0.1) is 10.6 Å². The molecule has 0 fully saturated rings. The molecule has 0 spiro atoms. The number of aromatic nitrogens is 3. The Bertz CT molecular complexity index is 869. The van der Waals surface area contributed by atoms with Crippen molar-refractivity contribution in [3.63, 3.8) is 0 Å². The average Bonchev–Trinajstić information content (AvgIpc) is 3.16. The second kappa shape index (κ2) is 5.97. The number of rotatable bonds is 4. The Balaban J connectivity index is 1.76. The van der Waals surface area contributed by atoms with Crippen LogP contribution in [0.15, 0.2) is 41.9 Å². The predicted octanol–water partition coefficient (Wildman–Crippen LogP) is 2.70. The van der Waals surface area contributed by atoms with Crippen LogP contribution >= 0.6 is 11.3 Å². The predicted molar refractivity (Wildman–Crippen MR) is 85.4 cm³/mol. The number of nitro benzene ring substituents is 1. The van der Waals surface area contributed by atoms with Gasteiger partial charge in [-0.2, -0.15) is 5.10 Å². The van der Waals surface area contributed by atoms with Crippen LogP contribution in [0.2, 0.25) is 0 Å². The minimum atomic E-state index is -0.454. The SMILES string of the molecule is Cn1nccc1C(=O)Nc1nc(-c2ccc([N+](=O)[O-])cc2)cs1. The van der Waals surface area contributed by atoms with Gasteiger partial charge in [-0.25, -0.2) is 4.98 Å². The molecule has 116 valence electrons. The van der Waals surface area contributed by atoms with Crippen LogP contribution in [0, 0.1) is 10.1 Å². The number of anilines is 1. The van der Waals surface area contributed by atoms with E-state index in [1.807, 2.05) is 0 Å². The Labute approximate surface area is 134 Å². The number of thiazole rings is 1. The summed E-state index contributed by atoms with van der Waals surface area (Å²) in [7, 11) is 1.68. The number of hydrogen-bond donors (Lipinski definition) is 1. The number of non-ortho nitro benzene ring substituents is 1. The Morgan fingerprint density at radius 3 is 2.65 bits per heavy atom. The highest BCUT2D eigenvalue weighted by atomic mass is 32.1. The molecule has 0 aliphatic heterocycles. The van der Waals surface area contributed by atoms with Gasteiger partial charge in [-0.3, -0.25) is 24.9 Å². The summed E-state index contributed by atoms with van der Waals surface area (Å²) in [6.45, 7) is 0. The van der Waals surface area contributed by atoms with Gasteiger partial charge in [0.15, 0.2) is 5.13 Å². The van der Waals surface area contributed by atoms with Crippen LogP contribution in [-0.4, -0.2) is 25.6 Å². The highest BCUT2D eigenvalue weighted by Gasteiger charge is 2.13. The first-order valence-electron chi connectivity index (χ1n) is 6.54. The van der Waals surface area contributed by atoms with Gasteiger partial charge in [-0.1, -0.05) is 0 Å². The molecule has 23 heavy (non-hydrogen) atoms. The zero-order valence-corrected chi connectivity index (χ0v) is 12.8. The first kappa shape index (κ1) is 14.9. The van der Waals surface area contributed by atoms with Gasteiger partial charge in [0.1, 0.15) is 5.69 Å². The van der Waals surface area contributed by atoms with Crippen molar-refractivity contribution in [3.8, 4) is 11.3 Å². The first-order valence-corrected chi connectivity index (χ1v) is 7.42. The van der Waals surface area contributed by atoms with Crippen LogP contribution < -0.4 is 5.32 Å². The maximum Gasteiger partial charge on any atom is 0.275 e. The van der Waals surface area contributed by atoms with Crippen LogP contribution in [0.5, 0.6) is 0 Å². The lowest BCUT2D eigenvalue weighted by Crippen LogP contribution is -2.15. The van der Waals surface area contributed by atoms with Crippen molar-refractivity contribution in [2.45, 2.75) is 0 Å². The number of nitro groups is 1. The van der Waals surface area contributed by atoms with Crippen LogP contribution in [0.1, 0.15) is 10.5 Å². The van der Waals surface area contributed by atoms with Gasteiger partial charge < -0.3 is 0 Å². The number of benzene rings is 1. The summed E-state index contributed by atoms with van der Waals surface area (Å²) in [6, 6.07) is 7.70. The molecule has 2 aromatic heterocycles. The van der Waals surface area contributed by atoms with E-state index in [0.717, 1.165) is 5.56 Å². The normalized spacial score (nSPS) is 10.5. The molecule has 2 heterocycles. The average molecular weight is 329 g/mol. The van der Waals surface area contributed by atoms with Gasteiger partial charge in [0.25, 0.3) is 11.6 Å². The van der Waals surface area contributed by atoms with Crippen LogP contribution in [-0.2, 0) is 7.05 Å². The number of hydrogen-bond acceptors (Lipinski definition) is 6. The fraction of sp³-hybridized carbons (Fsp3) is 0.0714. The molecule has 0 aliphatic carbocycles. The van der Waals surface area contributed by atoms with Crippen LogP contribution in [0.3, 0.4) is 0 Å². The lowest BCUT2D eigenvalue weighted by molar-refractivity contribution is -0.384. The lowest BCUT2D eigenvalue weighted by Gasteiger charge is -2.01. The maximum atomic E-state index is 12.1. The van der Waals surface area contributed by atoms with Gasteiger partial charge in [0, 0.05) is 36.3 Å². The van der Waals surface area contributed by atoms with Crippen molar-refractivity contribution < 1.29 is 9.72 Å². The fourth-order valence-corrected chi connectivity index (χ4v) is 2.69. The largest absolute Gasteiger partial charge is 0.296 e. The molecule has 1 N–H and O–H groups in total. The highest BCUT2D eigenvalue weighted by molar-refractivity contribution is 7.14. The standard InChI is InChI=1S/C14H11N5O3S/c1-18-12(6-7-15-18)13(20)17-14-16-11(8-23-14)9-2-4-10(5-3-9)19(21)22/h2-8H,1H3,(H,16,17,20). The molecule has 1 amide bonds. The van der Waals surface area contributed by atoms with E-state index in [-0.39, 0.29) is 11.6 Å². The zero-order valence-electron chi connectivity index (χ0n) is 12.0. The van der Waals surface area contributed by atoms with Gasteiger partial charge in [-0.15, -0.1) is 11.3 Å². The van der Waals surface area contributed by atoms with Crippen molar-refractivity contribution >= 4 is 28.1 Å².